The van der Waals surface area contributed by atoms with Crippen molar-refractivity contribution in [1.29, 1.82) is 0 Å². The van der Waals surface area contributed by atoms with Crippen LogP contribution in [0, 0.1) is 0 Å². The zero-order valence-corrected chi connectivity index (χ0v) is 19.1. The number of nitrogens with zero attached hydrogens (tertiary/aromatic N) is 2. The molecule has 6 heteroatoms. The summed E-state index contributed by atoms with van der Waals surface area (Å²) >= 11 is 0. The molecule has 5 rings (SSSR count). The maximum absolute atomic E-state index is 13.7. The van der Waals surface area contributed by atoms with E-state index in [1.54, 1.807) is 30.3 Å². The van der Waals surface area contributed by atoms with Gasteiger partial charge in [0.15, 0.2) is 0 Å². The lowest BCUT2D eigenvalue weighted by Gasteiger charge is -2.26. The Morgan fingerprint density at radius 3 is 1.79 bits per heavy atom. The van der Waals surface area contributed by atoms with Crippen molar-refractivity contribution in [3.8, 4) is 0 Å². The first-order valence-electron chi connectivity index (χ1n) is 11.3. The standard InChI is InChI=1S/C27H26N2O3S/c30-33(31,23-17-9-3-10-18-23)26-27(29-19-11-4-12-20-29)32-25(28-26)24(21-13-5-1-6-14-21)22-15-7-2-8-16-22/h1-3,5-10,13-18,24H,4,11-12,19-20H2. The largest absolute Gasteiger partial charge is 0.423 e. The Labute approximate surface area is 194 Å². The monoisotopic (exact) mass is 458 g/mol. The van der Waals surface area contributed by atoms with Crippen LogP contribution in [0.1, 0.15) is 42.2 Å². The number of aromatic nitrogens is 1. The summed E-state index contributed by atoms with van der Waals surface area (Å²) < 4.78 is 33.7. The van der Waals surface area contributed by atoms with Gasteiger partial charge < -0.3 is 9.32 Å². The second-order valence-electron chi connectivity index (χ2n) is 8.28. The van der Waals surface area contributed by atoms with E-state index in [4.69, 9.17) is 9.40 Å². The fourth-order valence-corrected chi connectivity index (χ4v) is 5.74. The molecular formula is C27H26N2O3S. The molecule has 0 amide bonds. The topological polar surface area (TPSA) is 63.4 Å². The fraction of sp³-hybridized carbons (Fsp3) is 0.222. The number of anilines is 1. The Hall–Kier alpha value is -3.38. The molecule has 0 unspecified atom stereocenters. The molecule has 1 aliphatic heterocycles. The van der Waals surface area contributed by atoms with Crippen molar-refractivity contribution in [3.05, 3.63) is 108 Å². The van der Waals surface area contributed by atoms with Crippen molar-refractivity contribution in [2.24, 2.45) is 0 Å². The molecule has 3 aromatic carbocycles. The van der Waals surface area contributed by atoms with Crippen molar-refractivity contribution in [3.63, 3.8) is 0 Å². The van der Waals surface area contributed by atoms with Gasteiger partial charge in [0.1, 0.15) is 0 Å². The number of piperidine rings is 1. The third-order valence-electron chi connectivity index (χ3n) is 6.06. The van der Waals surface area contributed by atoms with Crippen LogP contribution in [0.15, 0.2) is 105 Å². The molecular weight excluding hydrogens is 432 g/mol. The van der Waals surface area contributed by atoms with Crippen molar-refractivity contribution < 1.29 is 12.8 Å². The molecule has 0 radical (unpaired) electrons. The number of oxazole rings is 1. The molecule has 1 aromatic heterocycles. The second kappa shape index (κ2) is 9.24. The first-order valence-corrected chi connectivity index (χ1v) is 12.8. The molecule has 33 heavy (non-hydrogen) atoms. The maximum atomic E-state index is 13.7. The number of hydrogen-bond donors (Lipinski definition) is 0. The van der Waals surface area contributed by atoms with Crippen LogP contribution in [-0.2, 0) is 9.84 Å². The molecule has 4 aromatic rings. The molecule has 2 heterocycles. The summed E-state index contributed by atoms with van der Waals surface area (Å²) in [6, 6.07) is 28.4. The zero-order valence-electron chi connectivity index (χ0n) is 18.3. The Bertz CT molecular complexity index is 1260. The maximum Gasteiger partial charge on any atom is 0.236 e. The van der Waals surface area contributed by atoms with Gasteiger partial charge in [-0.15, -0.1) is 0 Å². The van der Waals surface area contributed by atoms with Crippen LogP contribution in [0.5, 0.6) is 0 Å². The first-order chi connectivity index (χ1) is 16.1. The van der Waals surface area contributed by atoms with Gasteiger partial charge in [-0.1, -0.05) is 78.9 Å². The lowest BCUT2D eigenvalue weighted by atomic mass is 9.91. The lowest BCUT2D eigenvalue weighted by molar-refractivity contribution is 0.458. The van der Waals surface area contributed by atoms with E-state index in [1.165, 1.54) is 0 Å². The van der Waals surface area contributed by atoms with Crippen LogP contribution in [0.2, 0.25) is 0 Å². The van der Waals surface area contributed by atoms with Crippen molar-refractivity contribution in [2.45, 2.75) is 35.1 Å². The summed E-state index contributed by atoms with van der Waals surface area (Å²) in [5.41, 5.74) is 2.00. The van der Waals surface area contributed by atoms with E-state index < -0.39 is 9.84 Å². The number of rotatable bonds is 6. The minimum Gasteiger partial charge on any atom is -0.423 e. The molecule has 0 aliphatic carbocycles. The molecule has 0 bridgehead atoms. The van der Waals surface area contributed by atoms with Gasteiger partial charge in [0, 0.05) is 13.1 Å². The smallest absolute Gasteiger partial charge is 0.236 e. The van der Waals surface area contributed by atoms with Crippen LogP contribution >= 0.6 is 0 Å². The molecule has 1 saturated heterocycles. The number of hydrogen-bond acceptors (Lipinski definition) is 5. The Morgan fingerprint density at radius 1 is 0.727 bits per heavy atom. The first kappa shape index (κ1) is 21.5. The van der Waals surface area contributed by atoms with Gasteiger partial charge in [0.05, 0.1) is 10.8 Å². The van der Waals surface area contributed by atoms with E-state index in [-0.39, 0.29) is 15.8 Å². The summed E-state index contributed by atoms with van der Waals surface area (Å²) in [4.78, 5) is 6.94. The Morgan fingerprint density at radius 2 is 1.24 bits per heavy atom. The summed E-state index contributed by atoms with van der Waals surface area (Å²) in [6.45, 7) is 1.51. The average Bonchev–Trinajstić information content (AvgIpc) is 3.32. The van der Waals surface area contributed by atoms with E-state index in [0.717, 1.165) is 43.5 Å². The minimum absolute atomic E-state index is 0.00228. The minimum atomic E-state index is -3.84. The predicted molar refractivity (Wildman–Crippen MR) is 128 cm³/mol. The van der Waals surface area contributed by atoms with E-state index in [9.17, 15) is 8.42 Å². The molecule has 5 nitrogen and oxygen atoms in total. The molecule has 0 atom stereocenters. The fourth-order valence-electron chi connectivity index (χ4n) is 4.39. The highest BCUT2D eigenvalue weighted by Gasteiger charge is 2.34. The molecule has 0 N–H and O–H groups in total. The lowest BCUT2D eigenvalue weighted by Crippen LogP contribution is -2.30. The van der Waals surface area contributed by atoms with Gasteiger partial charge in [-0.25, -0.2) is 8.42 Å². The van der Waals surface area contributed by atoms with Crippen molar-refractivity contribution in [2.75, 3.05) is 18.0 Å². The van der Waals surface area contributed by atoms with Gasteiger partial charge in [-0.3, -0.25) is 0 Å². The van der Waals surface area contributed by atoms with E-state index >= 15 is 0 Å². The van der Waals surface area contributed by atoms with Crippen molar-refractivity contribution in [1.82, 2.24) is 4.98 Å². The molecule has 1 fully saturated rings. The molecule has 1 aliphatic rings. The van der Waals surface area contributed by atoms with Crippen LogP contribution in [-0.4, -0.2) is 26.5 Å². The van der Waals surface area contributed by atoms with Crippen molar-refractivity contribution >= 4 is 15.7 Å². The highest BCUT2D eigenvalue weighted by atomic mass is 32.2. The summed E-state index contributed by atoms with van der Waals surface area (Å²) in [6.07, 6.45) is 3.14. The van der Waals surface area contributed by atoms with Crippen LogP contribution in [0.4, 0.5) is 5.88 Å². The Balaban J connectivity index is 1.69. The summed E-state index contributed by atoms with van der Waals surface area (Å²) in [5.74, 6) is 0.434. The van der Waals surface area contributed by atoms with E-state index in [0.29, 0.717) is 11.8 Å². The van der Waals surface area contributed by atoms with E-state index in [1.807, 2.05) is 65.6 Å². The zero-order chi connectivity index (χ0) is 22.7. The summed E-state index contributed by atoms with van der Waals surface area (Å²) in [5, 5.41) is 0.00228. The van der Waals surface area contributed by atoms with Crippen LogP contribution in [0.25, 0.3) is 0 Å². The van der Waals surface area contributed by atoms with Gasteiger partial charge >= 0.3 is 0 Å². The summed E-state index contributed by atoms with van der Waals surface area (Å²) in [7, 11) is -3.84. The van der Waals surface area contributed by atoms with E-state index in [2.05, 4.69) is 0 Å². The van der Waals surface area contributed by atoms with Gasteiger partial charge in [-0.2, -0.15) is 4.98 Å². The average molecular weight is 459 g/mol. The van der Waals surface area contributed by atoms with Gasteiger partial charge in [-0.05, 0) is 42.5 Å². The van der Waals surface area contributed by atoms with Gasteiger partial charge in [0.25, 0.3) is 0 Å². The third-order valence-corrected chi connectivity index (χ3v) is 7.73. The molecule has 0 saturated carbocycles. The number of sulfone groups is 1. The highest BCUT2D eigenvalue weighted by molar-refractivity contribution is 7.91. The molecule has 0 spiro atoms. The van der Waals surface area contributed by atoms with Crippen LogP contribution < -0.4 is 4.90 Å². The second-order valence-corrected chi connectivity index (χ2v) is 10.1. The number of benzene rings is 3. The molecule has 168 valence electrons. The highest BCUT2D eigenvalue weighted by Crippen LogP contribution is 2.38. The van der Waals surface area contributed by atoms with Gasteiger partial charge in [0.2, 0.25) is 26.6 Å². The Kier molecular flexibility index (Phi) is 6.01. The SMILES string of the molecule is O=S(=O)(c1ccccc1)c1nc(C(c2ccccc2)c2ccccc2)oc1N1CCCCC1. The third kappa shape index (κ3) is 4.31. The normalized spacial score (nSPS) is 14.5. The van der Waals surface area contributed by atoms with Crippen LogP contribution in [0.3, 0.4) is 0 Å². The quantitative estimate of drug-likeness (QED) is 0.372. The predicted octanol–water partition coefficient (Wildman–Crippen LogP) is 5.68.